The van der Waals surface area contributed by atoms with Crippen LogP contribution in [0, 0.1) is 0 Å². The van der Waals surface area contributed by atoms with Crippen molar-refractivity contribution >= 4 is 0 Å². The Bertz CT molecular complexity index is 334. The molecule has 2 heteroatoms. The molecule has 1 heterocycles. The van der Waals surface area contributed by atoms with Gasteiger partial charge in [-0.2, -0.15) is 0 Å². The van der Waals surface area contributed by atoms with Crippen LogP contribution in [0.25, 0.3) is 0 Å². The highest BCUT2D eigenvalue weighted by Gasteiger charge is 2.18. The van der Waals surface area contributed by atoms with E-state index in [0.717, 1.165) is 19.6 Å². The van der Waals surface area contributed by atoms with Gasteiger partial charge in [-0.25, -0.2) is 0 Å². The summed E-state index contributed by atoms with van der Waals surface area (Å²) >= 11 is 0. The summed E-state index contributed by atoms with van der Waals surface area (Å²) in [5, 5.41) is 3.53. The quantitative estimate of drug-likeness (QED) is 0.782. The summed E-state index contributed by atoms with van der Waals surface area (Å²) in [5.74, 6) is 0. The first-order valence-corrected chi connectivity index (χ1v) is 6.49. The first-order chi connectivity index (χ1) is 8.38. The van der Waals surface area contributed by atoms with Crippen LogP contribution in [0.3, 0.4) is 0 Å². The maximum atomic E-state index is 3.76. The van der Waals surface area contributed by atoms with Crippen LogP contribution in [0.1, 0.15) is 18.4 Å². The molecule has 1 fully saturated rings. The van der Waals surface area contributed by atoms with Crippen molar-refractivity contribution in [2.24, 2.45) is 0 Å². The van der Waals surface area contributed by atoms with Crippen molar-refractivity contribution in [2.45, 2.75) is 25.4 Å². The van der Waals surface area contributed by atoms with Crippen LogP contribution in [0.2, 0.25) is 0 Å². The zero-order valence-corrected chi connectivity index (χ0v) is 10.4. The van der Waals surface area contributed by atoms with Crippen LogP contribution in [0.4, 0.5) is 0 Å². The minimum Gasteiger partial charge on any atom is -0.309 e. The monoisotopic (exact) mass is 230 g/mol. The van der Waals surface area contributed by atoms with Gasteiger partial charge in [0.15, 0.2) is 0 Å². The third-order valence-corrected chi connectivity index (χ3v) is 3.31. The largest absolute Gasteiger partial charge is 0.309 e. The van der Waals surface area contributed by atoms with E-state index in [9.17, 15) is 0 Å². The molecule has 0 bridgehead atoms. The van der Waals surface area contributed by atoms with Crippen molar-refractivity contribution in [3.8, 4) is 0 Å². The number of hydrogen-bond acceptors (Lipinski definition) is 2. The van der Waals surface area contributed by atoms with Crippen molar-refractivity contribution in [3.05, 3.63) is 48.6 Å². The molecule has 1 atom stereocenters. The van der Waals surface area contributed by atoms with Crippen LogP contribution in [-0.2, 0) is 6.54 Å². The summed E-state index contributed by atoms with van der Waals surface area (Å²) in [4.78, 5) is 2.54. The Hall–Kier alpha value is -1.12. The van der Waals surface area contributed by atoms with Gasteiger partial charge in [0.1, 0.15) is 0 Å². The van der Waals surface area contributed by atoms with Gasteiger partial charge < -0.3 is 5.32 Å². The third kappa shape index (κ3) is 3.99. The highest BCUT2D eigenvalue weighted by Crippen LogP contribution is 2.13. The van der Waals surface area contributed by atoms with E-state index in [-0.39, 0.29) is 0 Å². The number of hydrogen-bond donors (Lipinski definition) is 1. The molecule has 0 saturated carbocycles. The molecule has 1 aliphatic rings. The van der Waals surface area contributed by atoms with Crippen molar-refractivity contribution in [1.29, 1.82) is 0 Å². The van der Waals surface area contributed by atoms with E-state index < -0.39 is 0 Å². The van der Waals surface area contributed by atoms with E-state index in [0.29, 0.717) is 6.04 Å². The fourth-order valence-electron chi connectivity index (χ4n) is 2.46. The molecule has 1 unspecified atom stereocenters. The zero-order valence-electron chi connectivity index (χ0n) is 10.4. The lowest BCUT2D eigenvalue weighted by Gasteiger charge is -2.33. The molecular weight excluding hydrogens is 208 g/mol. The molecule has 1 saturated heterocycles. The average molecular weight is 230 g/mol. The highest BCUT2D eigenvalue weighted by atomic mass is 15.2. The Morgan fingerprint density at radius 3 is 2.94 bits per heavy atom. The van der Waals surface area contributed by atoms with Crippen molar-refractivity contribution < 1.29 is 0 Å². The van der Waals surface area contributed by atoms with Gasteiger partial charge in [-0.05, 0) is 24.9 Å². The molecule has 1 aliphatic heterocycles. The average Bonchev–Trinajstić information content (AvgIpc) is 2.38. The van der Waals surface area contributed by atoms with Gasteiger partial charge in [-0.15, -0.1) is 6.58 Å². The summed E-state index contributed by atoms with van der Waals surface area (Å²) in [6.45, 7) is 8.13. The molecule has 17 heavy (non-hydrogen) atoms. The van der Waals surface area contributed by atoms with Crippen LogP contribution in [0.5, 0.6) is 0 Å². The SMILES string of the molecule is C=CCNC1CCCN(Cc2ccccc2)C1. The first kappa shape index (κ1) is 12.3. The second-order valence-corrected chi connectivity index (χ2v) is 4.76. The number of benzene rings is 1. The summed E-state index contributed by atoms with van der Waals surface area (Å²) in [6, 6.07) is 11.4. The van der Waals surface area contributed by atoms with Crippen molar-refractivity contribution in [1.82, 2.24) is 10.2 Å². The molecule has 0 aliphatic carbocycles. The van der Waals surface area contributed by atoms with Gasteiger partial charge in [-0.3, -0.25) is 4.90 Å². The number of rotatable bonds is 5. The van der Waals surface area contributed by atoms with Crippen LogP contribution in [-0.4, -0.2) is 30.6 Å². The Morgan fingerprint density at radius 2 is 2.18 bits per heavy atom. The van der Waals surface area contributed by atoms with Crippen LogP contribution < -0.4 is 5.32 Å². The molecule has 1 aromatic rings. The van der Waals surface area contributed by atoms with Gasteiger partial charge in [-0.1, -0.05) is 36.4 Å². The number of piperidine rings is 1. The molecule has 0 aromatic heterocycles. The zero-order chi connectivity index (χ0) is 11.9. The van der Waals surface area contributed by atoms with E-state index in [2.05, 4.69) is 47.1 Å². The summed E-state index contributed by atoms with van der Waals surface area (Å²) in [5.41, 5.74) is 1.41. The lowest BCUT2D eigenvalue weighted by atomic mass is 10.0. The van der Waals surface area contributed by atoms with E-state index >= 15 is 0 Å². The standard InChI is InChI=1S/C15H22N2/c1-2-10-16-15-9-6-11-17(13-15)12-14-7-4-3-5-8-14/h2-5,7-8,15-16H,1,6,9-13H2. The Morgan fingerprint density at radius 1 is 1.35 bits per heavy atom. The normalized spacial score (nSPS) is 21.3. The highest BCUT2D eigenvalue weighted by molar-refractivity contribution is 5.14. The lowest BCUT2D eigenvalue weighted by molar-refractivity contribution is 0.186. The Balaban J connectivity index is 1.83. The van der Waals surface area contributed by atoms with Crippen LogP contribution in [0.15, 0.2) is 43.0 Å². The number of nitrogens with one attached hydrogen (secondary N) is 1. The van der Waals surface area contributed by atoms with E-state index in [1.807, 2.05) is 6.08 Å². The van der Waals surface area contributed by atoms with Gasteiger partial charge in [0, 0.05) is 25.7 Å². The molecule has 2 nitrogen and oxygen atoms in total. The van der Waals surface area contributed by atoms with E-state index in [1.165, 1.54) is 24.9 Å². The van der Waals surface area contributed by atoms with Gasteiger partial charge in [0.2, 0.25) is 0 Å². The predicted octanol–water partition coefficient (Wildman–Crippen LogP) is 2.43. The fourth-order valence-corrected chi connectivity index (χ4v) is 2.46. The molecule has 1 N–H and O–H groups in total. The molecule has 92 valence electrons. The molecule has 0 amide bonds. The minimum atomic E-state index is 0.630. The second-order valence-electron chi connectivity index (χ2n) is 4.76. The minimum absolute atomic E-state index is 0.630. The van der Waals surface area contributed by atoms with Crippen molar-refractivity contribution in [2.75, 3.05) is 19.6 Å². The van der Waals surface area contributed by atoms with E-state index in [1.54, 1.807) is 0 Å². The Labute approximate surface area is 104 Å². The molecular formula is C15H22N2. The molecule has 1 aromatic carbocycles. The number of nitrogens with zero attached hydrogens (tertiary/aromatic N) is 1. The van der Waals surface area contributed by atoms with Gasteiger partial charge in [0.05, 0.1) is 0 Å². The Kier molecular flexibility index (Phi) is 4.77. The predicted molar refractivity (Wildman–Crippen MR) is 72.9 cm³/mol. The molecule has 0 radical (unpaired) electrons. The van der Waals surface area contributed by atoms with Crippen LogP contribution >= 0.6 is 0 Å². The lowest BCUT2D eigenvalue weighted by Crippen LogP contribution is -2.45. The molecule has 2 rings (SSSR count). The fraction of sp³-hybridized carbons (Fsp3) is 0.467. The second kappa shape index (κ2) is 6.58. The number of likely N-dealkylation sites (tertiary alicyclic amines) is 1. The molecule has 0 spiro atoms. The van der Waals surface area contributed by atoms with Crippen molar-refractivity contribution in [3.63, 3.8) is 0 Å². The maximum absolute atomic E-state index is 3.76. The summed E-state index contributed by atoms with van der Waals surface area (Å²) < 4.78 is 0. The van der Waals surface area contributed by atoms with Gasteiger partial charge >= 0.3 is 0 Å². The third-order valence-electron chi connectivity index (χ3n) is 3.31. The van der Waals surface area contributed by atoms with E-state index in [4.69, 9.17) is 0 Å². The maximum Gasteiger partial charge on any atom is 0.0234 e. The topological polar surface area (TPSA) is 15.3 Å². The van der Waals surface area contributed by atoms with Gasteiger partial charge in [0.25, 0.3) is 0 Å². The smallest absolute Gasteiger partial charge is 0.0234 e. The summed E-state index contributed by atoms with van der Waals surface area (Å²) in [6.07, 6.45) is 4.52. The summed E-state index contributed by atoms with van der Waals surface area (Å²) in [7, 11) is 0. The first-order valence-electron chi connectivity index (χ1n) is 6.49.